The molecule has 0 spiro atoms. The highest BCUT2D eigenvalue weighted by Crippen LogP contribution is 2.31. The van der Waals surface area contributed by atoms with E-state index in [1.807, 2.05) is 0 Å². The summed E-state index contributed by atoms with van der Waals surface area (Å²) in [5.74, 6) is -0.634. The Morgan fingerprint density at radius 1 is 1.36 bits per heavy atom. The van der Waals surface area contributed by atoms with Crippen LogP contribution in [0.15, 0.2) is 30.6 Å². The maximum absolute atomic E-state index is 12.5. The van der Waals surface area contributed by atoms with Crippen molar-refractivity contribution < 1.29 is 14.7 Å². The molecule has 0 saturated heterocycles. The number of aryl methyl sites for hydroxylation is 1. The lowest BCUT2D eigenvalue weighted by molar-refractivity contribution is -0.137. The number of benzene rings is 1. The molecule has 1 amide bonds. The van der Waals surface area contributed by atoms with Gasteiger partial charge in [0.05, 0.1) is 23.1 Å². The molecule has 1 aliphatic heterocycles. The number of hydrogen-bond donors (Lipinski definition) is 2. The van der Waals surface area contributed by atoms with E-state index in [4.69, 9.17) is 16.7 Å². The molecule has 11 heteroatoms. The van der Waals surface area contributed by atoms with Crippen LogP contribution in [0.2, 0.25) is 5.02 Å². The zero-order valence-electron chi connectivity index (χ0n) is 14.6. The number of nitrogens with one attached hydrogen (secondary N) is 1. The van der Waals surface area contributed by atoms with Crippen LogP contribution in [0, 0.1) is 0 Å². The largest absolute Gasteiger partial charge is 0.480 e. The van der Waals surface area contributed by atoms with Gasteiger partial charge < -0.3 is 15.3 Å². The number of aromatic nitrogens is 5. The molecular formula is C17H14ClN7O3. The highest BCUT2D eigenvalue weighted by molar-refractivity contribution is 6.33. The van der Waals surface area contributed by atoms with Gasteiger partial charge in [0.1, 0.15) is 6.54 Å². The molecule has 2 N–H and O–H groups in total. The molecule has 10 nitrogen and oxygen atoms in total. The summed E-state index contributed by atoms with van der Waals surface area (Å²) in [6.07, 6.45) is 2.98. The third-order valence-corrected chi connectivity index (χ3v) is 4.45. The molecule has 1 aromatic carbocycles. The number of fused-ring (bicyclic) bond motifs is 1. The summed E-state index contributed by atoms with van der Waals surface area (Å²) in [6.45, 7) is -0.0823. The Hall–Kier alpha value is -3.53. The predicted octanol–water partition coefficient (Wildman–Crippen LogP) is 1.71. The van der Waals surface area contributed by atoms with Crippen molar-refractivity contribution in [3.05, 3.63) is 46.7 Å². The zero-order chi connectivity index (χ0) is 19.8. The van der Waals surface area contributed by atoms with E-state index in [1.54, 1.807) is 25.2 Å². The average Bonchev–Trinajstić information content (AvgIpc) is 3.19. The lowest BCUT2D eigenvalue weighted by Crippen LogP contribution is -2.29. The van der Waals surface area contributed by atoms with E-state index in [-0.39, 0.29) is 24.9 Å². The van der Waals surface area contributed by atoms with Gasteiger partial charge in [-0.1, -0.05) is 23.7 Å². The molecule has 0 saturated carbocycles. The van der Waals surface area contributed by atoms with Crippen molar-refractivity contribution in [2.24, 2.45) is 7.05 Å². The summed E-state index contributed by atoms with van der Waals surface area (Å²) in [4.78, 5) is 34.6. The van der Waals surface area contributed by atoms with Gasteiger partial charge >= 0.3 is 5.97 Å². The van der Waals surface area contributed by atoms with Crippen molar-refractivity contribution >= 4 is 35.2 Å². The first-order valence-electron chi connectivity index (χ1n) is 8.21. The van der Waals surface area contributed by atoms with Crippen LogP contribution in [0.1, 0.15) is 15.9 Å². The van der Waals surface area contributed by atoms with Gasteiger partial charge in [-0.3, -0.25) is 9.59 Å². The van der Waals surface area contributed by atoms with Gasteiger partial charge in [-0.05, 0) is 11.6 Å². The van der Waals surface area contributed by atoms with E-state index in [0.717, 1.165) is 5.56 Å². The fourth-order valence-electron chi connectivity index (χ4n) is 2.95. The fourth-order valence-corrected chi connectivity index (χ4v) is 3.15. The number of carbonyl (C=O) groups is 2. The first kappa shape index (κ1) is 17.9. The fraction of sp³-hybridized carbons (Fsp3) is 0.176. The lowest BCUT2D eigenvalue weighted by atomic mass is 10.0. The van der Waals surface area contributed by atoms with Crippen LogP contribution in [0.3, 0.4) is 0 Å². The normalized spacial score (nSPS) is 12.9. The summed E-state index contributed by atoms with van der Waals surface area (Å²) in [5, 5.41) is 20.3. The monoisotopic (exact) mass is 399 g/mol. The minimum Gasteiger partial charge on any atom is -0.480 e. The Kier molecular flexibility index (Phi) is 4.40. The second kappa shape index (κ2) is 6.89. The van der Waals surface area contributed by atoms with Crippen LogP contribution >= 0.6 is 11.6 Å². The Morgan fingerprint density at radius 3 is 2.89 bits per heavy atom. The van der Waals surface area contributed by atoms with Crippen molar-refractivity contribution in [1.82, 2.24) is 29.9 Å². The molecule has 1 aliphatic rings. The van der Waals surface area contributed by atoms with Crippen LogP contribution in [0.5, 0.6) is 0 Å². The Morgan fingerprint density at radius 2 is 2.18 bits per heavy atom. The van der Waals surface area contributed by atoms with Crippen molar-refractivity contribution in [2.75, 3.05) is 11.9 Å². The van der Waals surface area contributed by atoms with Gasteiger partial charge in [0.2, 0.25) is 5.95 Å². The lowest BCUT2D eigenvalue weighted by Gasteiger charge is -2.11. The summed E-state index contributed by atoms with van der Waals surface area (Å²) in [6, 6.07) is 5.23. The zero-order valence-corrected chi connectivity index (χ0v) is 15.4. The van der Waals surface area contributed by atoms with E-state index in [0.29, 0.717) is 27.7 Å². The Balaban J connectivity index is 1.65. The number of anilines is 2. The number of carboxylic acid groups (broad SMARTS) is 1. The number of rotatable bonds is 5. The second-order valence-electron chi connectivity index (χ2n) is 6.16. The highest BCUT2D eigenvalue weighted by atomic mass is 35.5. The van der Waals surface area contributed by atoms with E-state index >= 15 is 0 Å². The van der Waals surface area contributed by atoms with Crippen molar-refractivity contribution in [1.29, 1.82) is 0 Å². The summed E-state index contributed by atoms with van der Waals surface area (Å²) >= 11 is 6.26. The van der Waals surface area contributed by atoms with Gasteiger partial charge in [-0.2, -0.15) is 9.90 Å². The molecule has 28 heavy (non-hydrogen) atoms. The van der Waals surface area contributed by atoms with Crippen LogP contribution < -0.4 is 5.32 Å². The van der Waals surface area contributed by atoms with E-state index in [1.165, 1.54) is 22.1 Å². The molecule has 3 heterocycles. The van der Waals surface area contributed by atoms with Gasteiger partial charge in [-0.25, -0.2) is 9.97 Å². The smallest absolute Gasteiger partial charge is 0.323 e. The second-order valence-corrected chi connectivity index (χ2v) is 6.57. The number of carboxylic acids is 1. The molecule has 0 aliphatic carbocycles. The van der Waals surface area contributed by atoms with E-state index in [2.05, 4.69) is 25.5 Å². The maximum Gasteiger partial charge on any atom is 0.323 e. The number of nitrogens with zero attached hydrogens (tertiary/aromatic N) is 6. The quantitative estimate of drug-likeness (QED) is 0.664. The Labute approximate surface area is 163 Å². The number of aliphatic carboxylic acids is 1. The molecule has 3 aromatic rings. The van der Waals surface area contributed by atoms with Crippen molar-refractivity contribution in [2.45, 2.75) is 6.54 Å². The van der Waals surface area contributed by atoms with Gasteiger partial charge in [0.15, 0.2) is 5.82 Å². The van der Waals surface area contributed by atoms with Gasteiger partial charge in [0.25, 0.3) is 5.91 Å². The topological polar surface area (TPSA) is 126 Å². The minimum absolute atomic E-state index is 0.262. The van der Waals surface area contributed by atoms with Crippen molar-refractivity contribution in [3.8, 4) is 11.3 Å². The van der Waals surface area contributed by atoms with Crippen LogP contribution in [-0.4, -0.2) is 53.4 Å². The van der Waals surface area contributed by atoms with Gasteiger partial charge in [-0.15, -0.1) is 5.10 Å². The minimum atomic E-state index is -1.06. The summed E-state index contributed by atoms with van der Waals surface area (Å²) < 4.78 is 0. The third-order valence-electron chi connectivity index (χ3n) is 4.17. The molecule has 0 radical (unpaired) electrons. The first-order chi connectivity index (χ1) is 13.4. The predicted molar refractivity (Wildman–Crippen MR) is 99.1 cm³/mol. The molecule has 0 unspecified atom stereocenters. The van der Waals surface area contributed by atoms with Crippen LogP contribution in [0.4, 0.5) is 11.8 Å². The molecule has 4 rings (SSSR count). The van der Waals surface area contributed by atoms with Gasteiger partial charge in [0, 0.05) is 24.7 Å². The number of hydrogen-bond acceptors (Lipinski definition) is 7. The number of amides is 1. The number of halogens is 1. The molecule has 0 fully saturated rings. The summed E-state index contributed by atoms with van der Waals surface area (Å²) in [7, 11) is 1.69. The SMILES string of the molecule is Cn1ncc(Nc2ncc(Cl)c(-c3ccc4c(c3)C(=O)N(CC(=O)O)C4)n2)n1. The molecular weight excluding hydrogens is 386 g/mol. The highest BCUT2D eigenvalue weighted by Gasteiger charge is 2.29. The van der Waals surface area contributed by atoms with Crippen molar-refractivity contribution in [3.63, 3.8) is 0 Å². The third kappa shape index (κ3) is 3.37. The number of carbonyl (C=O) groups excluding carboxylic acids is 1. The summed E-state index contributed by atoms with van der Waals surface area (Å²) in [5.41, 5.74) is 2.27. The first-order valence-corrected chi connectivity index (χ1v) is 8.59. The molecule has 2 aromatic heterocycles. The average molecular weight is 400 g/mol. The maximum atomic E-state index is 12.5. The standard InChI is InChI=1S/C17H14ClN7O3/c1-24-20-6-13(23-24)21-17-19-5-12(18)15(22-17)9-2-3-10-7-25(8-14(26)27)16(28)11(10)4-9/h2-6H,7-8H2,1H3,(H,26,27)(H,19,21,22,23). The van der Waals surface area contributed by atoms with E-state index < -0.39 is 5.97 Å². The van der Waals surface area contributed by atoms with Crippen LogP contribution in [0.25, 0.3) is 11.3 Å². The molecule has 0 bridgehead atoms. The van der Waals surface area contributed by atoms with E-state index in [9.17, 15) is 9.59 Å². The molecule has 0 atom stereocenters. The van der Waals surface area contributed by atoms with Crippen LogP contribution in [-0.2, 0) is 18.4 Å². The molecule has 142 valence electrons. The Bertz CT molecular complexity index is 1100.